The fourth-order valence-corrected chi connectivity index (χ4v) is 3.79. The first-order valence-electron chi connectivity index (χ1n) is 6.33. The van der Waals surface area contributed by atoms with E-state index in [9.17, 15) is 23.1 Å². The summed E-state index contributed by atoms with van der Waals surface area (Å²) in [6.45, 7) is 2.97. The van der Waals surface area contributed by atoms with Crippen molar-refractivity contribution in [3.8, 4) is 0 Å². The van der Waals surface area contributed by atoms with E-state index >= 15 is 0 Å². The topological polar surface area (TPSA) is 93.4 Å². The van der Waals surface area contributed by atoms with Gasteiger partial charge in [-0.05, 0) is 42.0 Å². The van der Waals surface area contributed by atoms with Crippen molar-refractivity contribution in [1.29, 1.82) is 0 Å². The standard InChI is InChI=1S/C13H18INO5S/c1-4-9(13(2,12(17)18)21(3,19)20)8-15-6-5-10(14)7-11(15)16/h5-7,9H,4,8H2,1-3H3,(H,17,18)/t9?,13-/m1/s1. The van der Waals surface area contributed by atoms with Crippen LogP contribution in [0.1, 0.15) is 20.3 Å². The second-order valence-corrected chi connectivity index (χ2v) is 8.76. The molecule has 118 valence electrons. The van der Waals surface area contributed by atoms with Crippen LogP contribution in [0.4, 0.5) is 0 Å². The van der Waals surface area contributed by atoms with Gasteiger partial charge in [0, 0.05) is 34.6 Å². The van der Waals surface area contributed by atoms with Gasteiger partial charge in [-0.3, -0.25) is 9.59 Å². The molecule has 2 atom stereocenters. The van der Waals surface area contributed by atoms with Crippen LogP contribution in [0.5, 0.6) is 0 Å². The normalized spacial score (nSPS) is 16.2. The Kier molecular flexibility index (Phi) is 5.59. The fourth-order valence-electron chi connectivity index (χ4n) is 2.20. The maximum absolute atomic E-state index is 12.0. The van der Waals surface area contributed by atoms with Gasteiger partial charge in [0.15, 0.2) is 14.6 Å². The molecule has 0 bridgehead atoms. The molecule has 1 aromatic rings. The van der Waals surface area contributed by atoms with Crippen molar-refractivity contribution in [3.63, 3.8) is 0 Å². The number of halogens is 1. The van der Waals surface area contributed by atoms with Crippen LogP contribution in [-0.4, -0.2) is 35.1 Å². The lowest BCUT2D eigenvalue weighted by Gasteiger charge is -2.32. The Morgan fingerprint density at radius 2 is 2.10 bits per heavy atom. The van der Waals surface area contributed by atoms with E-state index in [-0.39, 0.29) is 12.1 Å². The molecular weight excluding hydrogens is 409 g/mol. The zero-order valence-corrected chi connectivity index (χ0v) is 15.0. The Bertz CT molecular complexity index is 697. The van der Waals surface area contributed by atoms with Crippen LogP contribution in [0.2, 0.25) is 0 Å². The summed E-state index contributed by atoms with van der Waals surface area (Å²) in [7, 11) is -3.83. The molecule has 0 aliphatic carbocycles. The van der Waals surface area contributed by atoms with E-state index in [2.05, 4.69) is 0 Å². The first-order chi connectivity index (χ1) is 9.53. The van der Waals surface area contributed by atoms with Crippen molar-refractivity contribution in [2.45, 2.75) is 31.6 Å². The van der Waals surface area contributed by atoms with Gasteiger partial charge in [-0.2, -0.15) is 0 Å². The van der Waals surface area contributed by atoms with E-state index < -0.39 is 26.5 Å². The Labute approximate surface area is 137 Å². The third-order valence-electron chi connectivity index (χ3n) is 3.84. The van der Waals surface area contributed by atoms with E-state index in [0.29, 0.717) is 6.42 Å². The van der Waals surface area contributed by atoms with E-state index in [1.54, 1.807) is 19.2 Å². The monoisotopic (exact) mass is 427 g/mol. The van der Waals surface area contributed by atoms with Gasteiger partial charge < -0.3 is 9.67 Å². The van der Waals surface area contributed by atoms with Crippen LogP contribution in [0, 0.1) is 9.49 Å². The third kappa shape index (κ3) is 3.65. The van der Waals surface area contributed by atoms with Crippen LogP contribution in [0.15, 0.2) is 23.1 Å². The Hall–Kier alpha value is -0.900. The molecule has 1 aromatic heterocycles. The molecular formula is C13H18INO5S. The van der Waals surface area contributed by atoms with Gasteiger partial charge in [0.25, 0.3) is 5.56 Å². The van der Waals surface area contributed by atoms with Crippen molar-refractivity contribution in [2.75, 3.05) is 6.26 Å². The number of carbonyl (C=O) groups is 1. The second kappa shape index (κ2) is 6.47. The van der Waals surface area contributed by atoms with Gasteiger partial charge in [0.05, 0.1) is 0 Å². The van der Waals surface area contributed by atoms with Crippen molar-refractivity contribution in [2.24, 2.45) is 5.92 Å². The minimum Gasteiger partial charge on any atom is -0.480 e. The van der Waals surface area contributed by atoms with E-state index in [1.807, 2.05) is 22.6 Å². The molecule has 8 heteroatoms. The maximum Gasteiger partial charge on any atom is 0.325 e. The first kappa shape index (κ1) is 18.1. The van der Waals surface area contributed by atoms with Crippen molar-refractivity contribution < 1.29 is 18.3 Å². The highest BCUT2D eigenvalue weighted by Gasteiger charge is 2.49. The summed E-state index contributed by atoms with van der Waals surface area (Å²) in [6.07, 6.45) is 2.80. The van der Waals surface area contributed by atoms with E-state index in [4.69, 9.17) is 0 Å². The summed E-state index contributed by atoms with van der Waals surface area (Å²) >= 11 is 2.00. The Balaban J connectivity index is 3.29. The number of pyridine rings is 1. The highest BCUT2D eigenvalue weighted by Crippen LogP contribution is 2.30. The molecule has 1 N–H and O–H groups in total. The Morgan fingerprint density at radius 1 is 1.52 bits per heavy atom. The number of rotatable bonds is 6. The van der Waals surface area contributed by atoms with Gasteiger partial charge in [-0.25, -0.2) is 8.42 Å². The van der Waals surface area contributed by atoms with Crippen LogP contribution in [0.3, 0.4) is 0 Å². The van der Waals surface area contributed by atoms with Gasteiger partial charge in [0.1, 0.15) is 0 Å². The minimum atomic E-state index is -3.83. The summed E-state index contributed by atoms with van der Waals surface area (Å²) in [5, 5.41) is 9.39. The molecule has 0 amide bonds. The average Bonchev–Trinajstić information content (AvgIpc) is 2.35. The predicted molar refractivity (Wildman–Crippen MR) is 88.1 cm³/mol. The molecule has 0 saturated carbocycles. The highest BCUT2D eigenvalue weighted by molar-refractivity contribution is 14.1. The van der Waals surface area contributed by atoms with E-state index in [1.165, 1.54) is 17.6 Å². The van der Waals surface area contributed by atoms with Crippen LogP contribution in [0.25, 0.3) is 0 Å². The number of nitrogens with zero attached hydrogens (tertiary/aromatic N) is 1. The Morgan fingerprint density at radius 3 is 2.48 bits per heavy atom. The second-order valence-electron chi connectivity index (χ2n) is 5.13. The molecule has 0 saturated heterocycles. The number of aliphatic carboxylic acids is 1. The lowest BCUT2D eigenvalue weighted by Crippen LogP contribution is -2.51. The number of carboxylic acid groups (broad SMARTS) is 1. The summed E-state index contributed by atoms with van der Waals surface area (Å²) < 4.78 is 24.1. The predicted octanol–water partition coefficient (Wildman–Crippen LogP) is 1.37. The quantitative estimate of drug-likeness (QED) is 0.693. The number of hydrogen-bond donors (Lipinski definition) is 1. The lowest BCUT2D eigenvalue weighted by molar-refractivity contribution is -0.141. The maximum atomic E-state index is 12.0. The molecule has 6 nitrogen and oxygen atoms in total. The summed E-state index contributed by atoms with van der Waals surface area (Å²) in [5.74, 6) is -2.10. The van der Waals surface area contributed by atoms with Gasteiger partial charge in [0.2, 0.25) is 0 Å². The molecule has 1 unspecified atom stereocenters. The smallest absolute Gasteiger partial charge is 0.325 e. The first-order valence-corrected chi connectivity index (χ1v) is 9.30. The van der Waals surface area contributed by atoms with Crippen molar-refractivity contribution in [3.05, 3.63) is 32.3 Å². The van der Waals surface area contributed by atoms with Gasteiger partial charge in [-0.15, -0.1) is 0 Å². The van der Waals surface area contributed by atoms with Crippen molar-refractivity contribution in [1.82, 2.24) is 4.57 Å². The van der Waals surface area contributed by atoms with Crippen LogP contribution >= 0.6 is 22.6 Å². The number of aromatic nitrogens is 1. The number of sulfone groups is 1. The zero-order valence-electron chi connectivity index (χ0n) is 12.0. The van der Waals surface area contributed by atoms with Crippen LogP contribution < -0.4 is 5.56 Å². The van der Waals surface area contributed by atoms with Gasteiger partial charge >= 0.3 is 5.97 Å². The molecule has 0 aliphatic heterocycles. The number of carboxylic acids is 1. The molecule has 0 aromatic carbocycles. The molecule has 1 heterocycles. The molecule has 1 rings (SSSR count). The fraction of sp³-hybridized carbons (Fsp3) is 0.538. The third-order valence-corrected chi connectivity index (χ3v) is 6.56. The lowest BCUT2D eigenvalue weighted by atomic mass is 9.90. The molecule has 0 spiro atoms. The molecule has 0 aliphatic rings. The highest BCUT2D eigenvalue weighted by atomic mass is 127. The number of hydrogen-bond acceptors (Lipinski definition) is 4. The minimum absolute atomic E-state index is 0.0438. The zero-order chi connectivity index (χ0) is 16.4. The SMILES string of the molecule is CCC(Cn1ccc(I)cc1=O)[C@](C)(C(=O)O)S(C)(=O)=O. The molecule has 0 fully saturated rings. The molecule has 0 radical (unpaired) electrons. The largest absolute Gasteiger partial charge is 0.480 e. The summed E-state index contributed by atoms with van der Waals surface area (Å²) in [6, 6.07) is 3.14. The van der Waals surface area contributed by atoms with Gasteiger partial charge in [-0.1, -0.05) is 6.92 Å². The van der Waals surface area contributed by atoms with Crippen molar-refractivity contribution >= 4 is 38.4 Å². The summed E-state index contributed by atoms with van der Waals surface area (Å²) in [4.78, 5) is 23.4. The summed E-state index contributed by atoms with van der Waals surface area (Å²) in [5.41, 5.74) is -0.276. The average molecular weight is 427 g/mol. The molecule has 21 heavy (non-hydrogen) atoms. The van der Waals surface area contributed by atoms with Crippen LogP contribution in [-0.2, 0) is 21.2 Å². The van der Waals surface area contributed by atoms with E-state index in [0.717, 1.165) is 9.83 Å².